The number of ether oxygens (including phenoxy) is 1. The number of aromatic nitrogens is 6. The van der Waals surface area contributed by atoms with Gasteiger partial charge in [0.15, 0.2) is 0 Å². The highest BCUT2D eigenvalue weighted by molar-refractivity contribution is 7.86. The molecule has 3 unspecified atom stereocenters. The molecule has 4 saturated heterocycles. The normalized spacial score (nSPS) is 23.0. The first-order valence-corrected chi connectivity index (χ1v) is 36.2. The van der Waals surface area contributed by atoms with Crippen molar-refractivity contribution >= 4 is 67.7 Å². The molecule has 2 saturated carbocycles. The summed E-state index contributed by atoms with van der Waals surface area (Å²) in [4.78, 5) is 38.1. The van der Waals surface area contributed by atoms with Crippen LogP contribution >= 0.6 is 0 Å². The molecule has 18 nitrogen and oxygen atoms in total. The Bertz CT molecular complexity index is 3420. The fourth-order valence-electron chi connectivity index (χ4n) is 13.7. The Hall–Kier alpha value is -5.97. The molecule has 0 spiro atoms. The van der Waals surface area contributed by atoms with E-state index in [4.69, 9.17) is 34.6 Å². The highest BCUT2D eigenvalue weighted by atomic mass is 32.2. The number of aliphatic hydroxyl groups excluding tert-OH is 2. The van der Waals surface area contributed by atoms with Gasteiger partial charge in [-0.05, 0) is 132 Å². The van der Waals surface area contributed by atoms with E-state index < -0.39 is 32.4 Å². The smallest absolute Gasteiger partial charge is 0.227 e. The van der Waals surface area contributed by atoms with Crippen molar-refractivity contribution in [2.24, 2.45) is 0 Å². The lowest BCUT2D eigenvalue weighted by molar-refractivity contribution is 0.0903. The van der Waals surface area contributed by atoms with Crippen LogP contribution in [0.25, 0.3) is 0 Å². The molecule has 2 aliphatic carbocycles. The molecule has 468 valence electrons. The second kappa shape index (κ2) is 26.5. The lowest BCUT2D eigenvalue weighted by Gasteiger charge is -2.33. The van der Waals surface area contributed by atoms with E-state index in [9.17, 15) is 22.8 Å². The molecule has 9 aliphatic rings. The van der Waals surface area contributed by atoms with Crippen LogP contribution in [-0.2, 0) is 56.4 Å². The molecule has 0 radical (unpaired) electrons. The molecule has 7 aliphatic heterocycles. The van der Waals surface area contributed by atoms with Gasteiger partial charge in [0, 0.05) is 95.0 Å². The molecule has 5 N–H and O–H groups in total. The summed E-state index contributed by atoms with van der Waals surface area (Å²) in [6.07, 6.45) is 14.4. The van der Waals surface area contributed by atoms with Crippen LogP contribution in [0.2, 0.25) is 0 Å². The third kappa shape index (κ3) is 13.7. The van der Waals surface area contributed by atoms with Gasteiger partial charge in [-0.2, -0.15) is 15.0 Å². The summed E-state index contributed by atoms with van der Waals surface area (Å²) in [5.74, 6) is 8.05. The van der Waals surface area contributed by atoms with E-state index >= 15 is 0 Å². The van der Waals surface area contributed by atoms with Crippen molar-refractivity contribution in [3.63, 3.8) is 0 Å². The number of benzene rings is 3. The van der Waals surface area contributed by atoms with E-state index in [0.29, 0.717) is 52.7 Å². The summed E-state index contributed by atoms with van der Waals surface area (Å²) in [6, 6.07) is 26.9. The molecular formula is C67H86N12O6S3. The molecule has 6 fully saturated rings. The fourth-order valence-corrected chi connectivity index (χ4v) is 17.7. The van der Waals surface area contributed by atoms with Gasteiger partial charge < -0.3 is 45.6 Å². The maximum absolute atomic E-state index is 12.6. The molecular weight excluding hydrogens is 1170 g/mol. The number of anilines is 6. The monoisotopic (exact) mass is 1250 g/mol. The van der Waals surface area contributed by atoms with Crippen molar-refractivity contribution < 1.29 is 27.6 Å². The standard InChI is InChI=1S/C23H30N4O2S.2C22H28N4O2S/c1-16-3-2-4-18(15-16)17-5-10-27(11-6-17)23-25-20-9-14-30(28)21(20)22(26-23)24-19-7-12-29-13-8-19;2*1-15-3-2-4-17(13-15)16-5-10-26(11-6-16)21-23-18-7-12-29(28)19(18)20(24-21)25-22(14-27)8-9-22/h2-4,15,17,19H,5-14H2,1H3,(H,24,25,26);2*2-4,13,16,27H,5-12,14H2,1H3,(H,23,24,25). The van der Waals surface area contributed by atoms with Crippen LogP contribution in [0.1, 0.15) is 145 Å². The Balaban J connectivity index is 0.000000122. The van der Waals surface area contributed by atoms with Gasteiger partial charge in [0.1, 0.15) is 32.1 Å². The Labute approximate surface area is 525 Å². The number of aryl methyl sites for hydroxylation is 6. The van der Waals surface area contributed by atoms with Crippen LogP contribution in [0.4, 0.5) is 35.3 Å². The van der Waals surface area contributed by atoms with Crippen LogP contribution in [0.15, 0.2) is 87.5 Å². The van der Waals surface area contributed by atoms with Crippen LogP contribution in [0.5, 0.6) is 0 Å². The first-order valence-electron chi connectivity index (χ1n) is 32.3. The average Bonchev–Trinajstić information content (AvgIpc) is 2.18. The zero-order valence-corrected chi connectivity index (χ0v) is 53.8. The first-order chi connectivity index (χ1) is 42.8. The topological polar surface area (TPSA) is 224 Å². The van der Waals surface area contributed by atoms with Gasteiger partial charge in [-0.15, -0.1) is 0 Å². The molecule has 0 amide bonds. The van der Waals surface area contributed by atoms with E-state index in [-0.39, 0.29) is 24.3 Å². The van der Waals surface area contributed by atoms with Crippen LogP contribution in [0.3, 0.4) is 0 Å². The minimum Gasteiger partial charge on any atom is -0.394 e. The van der Waals surface area contributed by atoms with E-state index in [2.05, 4.69) is 124 Å². The lowest BCUT2D eigenvalue weighted by Crippen LogP contribution is -2.35. The van der Waals surface area contributed by atoms with Crippen LogP contribution in [0, 0.1) is 20.8 Å². The van der Waals surface area contributed by atoms with E-state index in [1.807, 2.05) is 0 Å². The second-order valence-corrected chi connectivity index (χ2v) is 30.5. The molecule has 10 heterocycles. The summed E-state index contributed by atoms with van der Waals surface area (Å²) in [5, 5.41) is 29.8. The molecule has 88 heavy (non-hydrogen) atoms. The van der Waals surface area contributed by atoms with Gasteiger partial charge >= 0.3 is 0 Å². The van der Waals surface area contributed by atoms with E-state index in [1.54, 1.807) is 0 Å². The molecule has 21 heteroatoms. The van der Waals surface area contributed by atoms with E-state index in [1.165, 1.54) is 33.4 Å². The van der Waals surface area contributed by atoms with Crippen molar-refractivity contribution in [1.29, 1.82) is 0 Å². The van der Waals surface area contributed by atoms with Crippen molar-refractivity contribution in [2.75, 3.05) is 114 Å². The second-order valence-electron chi connectivity index (χ2n) is 26.0. The van der Waals surface area contributed by atoms with Gasteiger partial charge in [0.25, 0.3) is 0 Å². The summed E-state index contributed by atoms with van der Waals surface area (Å²) < 4.78 is 43.1. The zero-order valence-electron chi connectivity index (χ0n) is 51.3. The Kier molecular flexibility index (Phi) is 18.3. The van der Waals surface area contributed by atoms with Crippen LogP contribution in [-0.4, -0.2) is 153 Å². The molecule has 15 rings (SSSR count). The summed E-state index contributed by atoms with van der Waals surface area (Å²) >= 11 is 0. The fraction of sp³-hybridized carbons (Fsp3) is 0.552. The number of hydrogen-bond acceptors (Lipinski definition) is 18. The lowest BCUT2D eigenvalue weighted by atomic mass is 9.89. The number of rotatable bonds is 14. The number of nitrogens with zero attached hydrogens (tertiary/aromatic N) is 9. The number of nitrogens with one attached hydrogen (secondary N) is 3. The Morgan fingerprint density at radius 3 is 1.12 bits per heavy atom. The SMILES string of the molecule is Cc1cccc(C2CCN(c3nc4c(c(NC5(CO)CC5)n3)S(=O)CC4)CC2)c1.Cc1cccc(C2CCN(c3nc4c(c(NC5(CO)CC5)n3)S(=O)CC4)CC2)c1.Cc1cccc(C2CCN(c3nc4c(c(NC5CCOCC5)n3)S(=O)CC4)CC2)c1. The summed E-state index contributed by atoms with van der Waals surface area (Å²) in [7, 11) is -3.10. The van der Waals surface area contributed by atoms with Crippen molar-refractivity contribution in [1.82, 2.24) is 29.9 Å². The maximum Gasteiger partial charge on any atom is 0.227 e. The predicted molar refractivity (Wildman–Crippen MR) is 350 cm³/mol. The molecule has 3 aromatic heterocycles. The highest BCUT2D eigenvalue weighted by Crippen LogP contribution is 2.44. The number of aliphatic hydroxyl groups is 2. The van der Waals surface area contributed by atoms with Gasteiger partial charge in [-0.25, -0.2) is 15.0 Å². The third-order valence-corrected chi connectivity index (χ3v) is 23.9. The van der Waals surface area contributed by atoms with Crippen molar-refractivity contribution in [3.8, 4) is 0 Å². The maximum atomic E-state index is 12.6. The Morgan fingerprint density at radius 2 is 0.807 bits per heavy atom. The van der Waals surface area contributed by atoms with Gasteiger partial charge in [0.05, 0.1) is 73.8 Å². The quantitative estimate of drug-likeness (QED) is 0.0686. The summed E-state index contributed by atoms with van der Waals surface area (Å²) in [5.41, 5.74) is 10.5. The highest BCUT2D eigenvalue weighted by Gasteiger charge is 2.45. The summed E-state index contributed by atoms with van der Waals surface area (Å²) in [6.45, 7) is 13.8. The third-order valence-electron chi connectivity index (χ3n) is 19.5. The van der Waals surface area contributed by atoms with Crippen molar-refractivity contribution in [3.05, 3.63) is 123 Å². The van der Waals surface area contributed by atoms with Gasteiger partial charge in [0.2, 0.25) is 17.8 Å². The van der Waals surface area contributed by atoms with Gasteiger partial charge in [-0.1, -0.05) is 89.5 Å². The van der Waals surface area contributed by atoms with Crippen LogP contribution < -0.4 is 30.7 Å². The molecule has 0 bridgehead atoms. The Morgan fingerprint density at radius 1 is 0.477 bits per heavy atom. The largest absolute Gasteiger partial charge is 0.394 e. The average molecular weight is 1250 g/mol. The minimum absolute atomic E-state index is 0.0790. The van der Waals surface area contributed by atoms with Crippen molar-refractivity contribution in [2.45, 2.75) is 167 Å². The number of fused-ring (bicyclic) bond motifs is 3. The molecule has 3 atom stereocenters. The molecule has 3 aromatic carbocycles. The zero-order chi connectivity index (χ0) is 60.5. The number of piperidine rings is 3. The molecule has 6 aromatic rings. The minimum atomic E-state index is -1.05. The number of hydrogen-bond donors (Lipinski definition) is 5. The van der Waals surface area contributed by atoms with Gasteiger partial charge in [-0.3, -0.25) is 12.6 Å². The van der Waals surface area contributed by atoms with E-state index in [0.717, 1.165) is 204 Å². The first kappa shape index (κ1) is 60.9. The predicted octanol–water partition coefficient (Wildman–Crippen LogP) is 8.96.